The van der Waals surface area contributed by atoms with E-state index in [1.807, 2.05) is 13.0 Å². The Balaban J connectivity index is 2.27. The third kappa shape index (κ3) is 2.60. The Labute approximate surface area is 110 Å². The number of benzene rings is 1. The molecule has 0 fully saturated rings. The molecule has 2 aromatic rings. The summed E-state index contributed by atoms with van der Waals surface area (Å²) < 4.78 is 0. The molecule has 0 aliphatic heterocycles. The van der Waals surface area contributed by atoms with E-state index in [2.05, 4.69) is 10.3 Å². The largest absolute Gasteiger partial charge is 0.383 e. The number of amides is 1. The minimum Gasteiger partial charge on any atom is -0.383 e. The van der Waals surface area contributed by atoms with Gasteiger partial charge in [-0.3, -0.25) is 4.79 Å². The number of carbonyl (C=O) groups is 1. The van der Waals surface area contributed by atoms with Gasteiger partial charge in [0.05, 0.1) is 5.56 Å². The SMILES string of the molecule is Cc1ccc(Cl)cc1NC(=O)c1cccnc1N. The molecule has 1 heterocycles. The summed E-state index contributed by atoms with van der Waals surface area (Å²) in [6.07, 6.45) is 1.54. The number of nitrogens with one attached hydrogen (secondary N) is 1. The lowest BCUT2D eigenvalue weighted by molar-refractivity contribution is 0.102. The molecule has 92 valence electrons. The first-order chi connectivity index (χ1) is 8.58. The Morgan fingerprint density at radius 1 is 1.39 bits per heavy atom. The van der Waals surface area contributed by atoms with Crippen molar-refractivity contribution in [2.45, 2.75) is 6.92 Å². The predicted molar refractivity (Wildman–Crippen MR) is 72.8 cm³/mol. The maximum absolute atomic E-state index is 12.0. The minimum atomic E-state index is -0.300. The van der Waals surface area contributed by atoms with Gasteiger partial charge in [0, 0.05) is 16.9 Å². The Bertz CT molecular complexity index is 599. The molecular weight excluding hydrogens is 250 g/mol. The van der Waals surface area contributed by atoms with Gasteiger partial charge in [-0.25, -0.2) is 4.98 Å². The third-order valence-corrected chi connectivity index (χ3v) is 2.77. The number of pyridine rings is 1. The number of halogens is 1. The average Bonchev–Trinajstić information content (AvgIpc) is 2.34. The summed E-state index contributed by atoms with van der Waals surface area (Å²) in [5, 5.41) is 3.33. The first-order valence-electron chi connectivity index (χ1n) is 5.36. The summed E-state index contributed by atoms with van der Waals surface area (Å²) in [7, 11) is 0. The molecule has 1 aromatic heterocycles. The van der Waals surface area contributed by atoms with Gasteiger partial charge in [0.1, 0.15) is 5.82 Å². The number of nitrogens with two attached hydrogens (primary N) is 1. The molecule has 4 nitrogen and oxygen atoms in total. The molecule has 18 heavy (non-hydrogen) atoms. The Hall–Kier alpha value is -2.07. The monoisotopic (exact) mass is 261 g/mol. The number of nitrogen functional groups attached to an aromatic ring is 1. The number of rotatable bonds is 2. The summed E-state index contributed by atoms with van der Waals surface area (Å²) in [6.45, 7) is 1.89. The van der Waals surface area contributed by atoms with Crippen LogP contribution >= 0.6 is 11.6 Å². The van der Waals surface area contributed by atoms with Crippen molar-refractivity contribution in [3.05, 3.63) is 52.7 Å². The van der Waals surface area contributed by atoms with Gasteiger partial charge < -0.3 is 11.1 Å². The highest BCUT2D eigenvalue weighted by Gasteiger charge is 2.11. The van der Waals surface area contributed by atoms with E-state index in [0.717, 1.165) is 5.56 Å². The normalized spacial score (nSPS) is 10.1. The standard InChI is InChI=1S/C13H12ClN3O/c1-8-4-5-9(14)7-11(8)17-13(18)10-3-2-6-16-12(10)15/h2-7H,1H3,(H2,15,16)(H,17,18). The molecule has 0 spiro atoms. The fraction of sp³-hybridized carbons (Fsp3) is 0.0769. The molecule has 0 aliphatic rings. The Morgan fingerprint density at radius 3 is 2.89 bits per heavy atom. The first-order valence-corrected chi connectivity index (χ1v) is 5.73. The lowest BCUT2D eigenvalue weighted by atomic mass is 10.2. The van der Waals surface area contributed by atoms with Crippen molar-refractivity contribution >= 4 is 29.0 Å². The lowest BCUT2D eigenvalue weighted by Gasteiger charge is -2.09. The van der Waals surface area contributed by atoms with Crippen LogP contribution in [0.25, 0.3) is 0 Å². The summed E-state index contributed by atoms with van der Waals surface area (Å²) in [5.74, 6) is -0.0966. The maximum atomic E-state index is 12.0. The topological polar surface area (TPSA) is 68.0 Å². The quantitative estimate of drug-likeness (QED) is 0.873. The Morgan fingerprint density at radius 2 is 2.17 bits per heavy atom. The predicted octanol–water partition coefficient (Wildman–Crippen LogP) is 2.88. The molecule has 0 saturated carbocycles. The molecule has 0 radical (unpaired) electrons. The molecule has 0 atom stereocenters. The zero-order valence-corrected chi connectivity index (χ0v) is 10.5. The van der Waals surface area contributed by atoms with Crippen molar-refractivity contribution in [1.82, 2.24) is 4.98 Å². The summed E-state index contributed by atoms with van der Waals surface area (Å²) >= 11 is 5.89. The van der Waals surface area contributed by atoms with E-state index >= 15 is 0 Å². The summed E-state index contributed by atoms with van der Waals surface area (Å²) in [4.78, 5) is 15.9. The second kappa shape index (κ2) is 5.06. The third-order valence-electron chi connectivity index (χ3n) is 2.53. The zero-order valence-electron chi connectivity index (χ0n) is 9.77. The van der Waals surface area contributed by atoms with Gasteiger partial charge in [0.25, 0.3) is 5.91 Å². The van der Waals surface area contributed by atoms with Crippen LogP contribution < -0.4 is 11.1 Å². The molecule has 0 bridgehead atoms. The number of aryl methyl sites for hydroxylation is 1. The van der Waals surface area contributed by atoms with E-state index in [-0.39, 0.29) is 11.7 Å². The second-order valence-electron chi connectivity index (χ2n) is 3.85. The molecule has 0 aliphatic carbocycles. The number of carbonyl (C=O) groups excluding carboxylic acids is 1. The van der Waals surface area contributed by atoms with Gasteiger partial charge in [-0.1, -0.05) is 17.7 Å². The number of anilines is 2. The van der Waals surface area contributed by atoms with Crippen LogP contribution in [0.15, 0.2) is 36.5 Å². The van der Waals surface area contributed by atoms with Gasteiger partial charge in [0.2, 0.25) is 0 Å². The molecule has 1 aromatic carbocycles. The highest BCUT2D eigenvalue weighted by molar-refractivity contribution is 6.31. The van der Waals surface area contributed by atoms with E-state index in [1.54, 1.807) is 24.3 Å². The van der Waals surface area contributed by atoms with Crippen molar-refractivity contribution in [1.29, 1.82) is 0 Å². The van der Waals surface area contributed by atoms with Gasteiger partial charge in [-0.2, -0.15) is 0 Å². The lowest BCUT2D eigenvalue weighted by Crippen LogP contribution is -2.15. The summed E-state index contributed by atoms with van der Waals surface area (Å²) in [5.41, 5.74) is 7.58. The molecule has 3 N–H and O–H groups in total. The molecule has 0 saturated heterocycles. The van der Waals surface area contributed by atoms with Crippen LogP contribution in [0.2, 0.25) is 5.02 Å². The van der Waals surface area contributed by atoms with Crippen molar-refractivity contribution in [3.8, 4) is 0 Å². The van der Waals surface area contributed by atoms with Crippen LogP contribution in [-0.4, -0.2) is 10.9 Å². The van der Waals surface area contributed by atoms with E-state index in [4.69, 9.17) is 17.3 Å². The van der Waals surface area contributed by atoms with Crippen LogP contribution in [0, 0.1) is 6.92 Å². The van der Waals surface area contributed by atoms with Gasteiger partial charge in [-0.15, -0.1) is 0 Å². The second-order valence-corrected chi connectivity index (χ2v) is 4.29. The van der Waals surface area contributed by atoms with E-state index in [9.17, 15) is 4.79 Å². The van der Waals surface area contributed by atoms with Gasteiger partial charge in [-0.05, 0) is 36.8 Å². The van der Waals surface area contributed by atoms with Crippen LogP contribution in [0.3, 0.4) is 0 Å². The smallest absolute Gasteiger partial charge is 0.259 e. The zero-order chi connectivity index (χ0) is 13.1. The maximum Gasteiger partial charge on any atom is 0.259 e. The van der Waals surface area contributed by atoms with Crippen molar-refractivity contribution in [3.63, 3.8) is 0 Å². The number of nitrogens with zero attached hydrogens (tertiary/aromatic N) is 1. The highest BCUT2D eigenvalue weighted by atomic mass is 35.5. The highest BCUT2D eigenvalue weighted by Crippen LogP contribution is 2.21. The van der Waals surface area contributed by atoms with Gasteiger partial charge in [0.15, 0.2) is 0 Å². The fourth-order valence-electron chi connectivity index (χ4n) is 1.53. The van der Waals surface area contributed by atoms with Crippen LogP contribution in [0.5, 0.6) is 0 Å². The molecule has 1 amide bonds. The molecular formula is C13H12ClN3O. The van der Waals surface area contributed by atoms with E-state index in [0.29, 0.717) is 16.3 Å². The fourth-order valence-corrected chi connectivity index (χ4v) is 1.70. The minimum absolute atomic E-state index is 0.203. The van der Waals surface area contributed by atoms with Crippen molar-refractivity contribution in [2.75, 3.05) is 11.1 Å². The first kappa shape index (κ1) is 12.4. The Kier molecular flexibility index (Phi) is 3.48. The molecule has 5 heteroatoms. The summed E-state index contributed by atoms with van der Waals surface area (Å²) in [6, 6.07) is 8.59. The van der Waals surface area contributed by atoms with Gasteiger partial charge >= 0.3 is 0 Å². The molecule has 0 unspecified atom stereocenters. The van der Waals surface area contributed by atoms with Crippen LogP contribution in [0.4, 0.5) is 11.5 Å². The number of hydrogen-bond acceptors (Lipinski definition) is 3. The van der Waals surface area contributed by atoms with Crippen molar-refractivity contribution in [2.24, 2.45) is 0 Å². The van der Waals surface area contributed by atoms with E-state index in [1.165, 1.54) is 6.20 Å². The number of hydrogen-bond donors (Lipinski definition) is 2. The average molecular weight is 262 g/mol. The van der Waals surface area contributed by atoms with Crippen LogP contribution in [-0.2, 0) is 0 Å². The molecule has 2 rings (SSSR count). The van der Waals surface area contributed by atoms with E-state index < -0.39 is 0 Å². The van der Waals surface area contributed by atoms with Crippen LogP contribution in [0.1, 0.15) is 15.9 Å². The number of aromatic nitrogens is 1. The van der Waals surface area contributed by atoms with Crippen molar-refractivity contribution < 1.29 is 4.79 Å².